The summed E-state index contributed by atoms with van der Waals surface area (Å²) in [5, 5.41) is 18.9. The normalized spacial score (nSPS) is 33.1. The van der Waals surface area contributed by atoms with Crippen molar-refractivity contribution in [2.75, 3.05) is 11.4 Å². The Kier molecular flexibility index (Phi) is 3.04. The zero-order valence-electron chi connectivity index (χ0n) is 12.2. The van der Waals surface area contributed by atoms with E-state index in [1.54, 1.807) is 18.2 Å². The number of ether oxygens (including phenoxy) is 1. The highest BCUT2D eigenvalue weighted by Gasteiger charge is 2.67. The minimum atomic E-state index is -1.26. The largest absolute Gasteiger partial charge is 0.481 e. The van der Waals surface area contributed by atoms with Crippen LogP contribution in [0.4, 0.5) is 5.69 Å². The van der Waals surface area contributed by atoms with E-state index in [9.17, 15) is 24.6 Å². The molecule has 0 aromatic heterocycles. The van der Waals surface area contributed by atoms with Crippen LogP contribution >= 0.6 is 11.6 Å². The molecule has 0 saturated carbocycles. The van der Waals surface area contributed by atoms with Crippen LogP contribution in [0.3, 0.4) is 0 Å². The number of carboxylic acid groups (broad SMARTS) is 2. The molecule has 2 fully saturated rings. The van der Waals surface area contributed by atoms with Crippen LogP contribution in [0.1, 0.15) is 10.4 Å². The average Bonchev–Trinajstić information content (AvgIpc) is 3.14. The number of aromatic carboxylic acids is 1. The first-order chi connectivity index (χ1) is 11.4. The first-order valence-corrected chi connectivity index (χ1v) is 7.67. The number of carboxylic acids is 2. The van der Waals surface area contributed by atoms with Crippen LogP contribution < -0.4 is 4.90 Å². The zero-order valence-corrected chi connectivity index (χ0v) is 12.9. The van der Waals surface area contributed by atoms with E-state index in [1.807, 2.05) is 0 Å². The van der Waals surface area contributed by atoms with Gasteiger partial charge in [-0.05, 0) is 12.1 Å². The molecule has 3 aliphatic heterocycles. The maximum absolute atomic E-state index is 12.9. The third-order valence-corrected chi connectivity index (χ3v) is 5.20. The van der Waals surface area contributed by atoms with E-state index < -0.39 is 41.4 Å². The van der Waals surface area contributed by atoms with Gasteiger partial charge >= 0.3 is 11.9 Å². The second-order valence-electron chi connectivity index (χ2n) is 6.10. The summed E-state index contributed by atoms with van der Waals surface area (Å²) in [7, 11) is 0. The Balaban J connectivity index is 1.81. The standard InChI is InChI=1S/C16H12ClNO6/c17-7-2-1-3-8(10(7)14(20)21)18-6-16-5-4-9(24-16)11(15(22)23)12(16)13(18)19/h1-5,9,11-12H,6H2,(H,20,21)(H,22,23). The average molecular weight is 350 g/mol. The molecule has 2 bridgehead atoms. The Morgan fingerprint density at radius 3 is 2.75 bits per heavy atom. The molecule has 1 spiro atoms. The summed E-state index contributed by atoms with van der Waals surface area (Å²) in [6.07, 6.45) is 2.74. The third-order valence-electron chi connectivity index (χ3n) is 4.88. The summed E-state index contributed by atoms with van der Waals surface area (Å²) in [6.45, 7) is 0.0634. The molecule has 4 atom stereocenters. The van der Waals surface area contributed by atoms with Gasteiger partial charge in [0.1, 0.15) is 17.1 Å². The lowest BCUT2D eigenvalue weighted by atomic mass is 9.77. The van der Waals surface area contributed by atoms with E-state index in [0.717, 1.165) is 0 Å². The van der Waals surface area contributed by atoms with Crippen LogP contribution in [0.25, 0.3) is 0 Å². The lowest BCUT2D eigenvalue weighted by molar-refractivity contribution is -0.146. The summed E-state index contributed by atoms with van der Waals surface area (Å²) in [4.78, 5) is 37.2. The van der Waals surface area contributed by atoms with Gasteiger partial charge in [0, 0.05) is 0 Å². The number of halogens is 1. The summed E-state index contributed by atoms with van der Waals surface area (Å²) in [5.74, 6) is -4.66. The van der Waals surface area contributed by atoms with E-state index in [0.29, 0.717) is 0 Å². The number of amides is 1. The molecule has 1 aromatic rings. The SMILES string of the molecule is O=C(O)c1c(Cl)cccc1N1CC23C=CC(O2)C(C(=O)O)C3C1=O. The summed E-state index contributed by atoms with van der Waals surface area (Å²) in [5.41, 5.74) is -1.06. The highest BCUT2D eigenvalue weighted by Crippen LogP contribution is 2.53. The number of hydrogen-bond donors (Lipinski definition) is 2. The molecule has 1 aromatic carbocycles. The maximum Gasteiger partial charge on any atom is 0.339 e. The Morgan fingerprint density at radius 1 is 1.33 bits per heavy atom. The molecule has 0 radical (unpaired) electrons. The topological polar surface area (TPSA) is 104 Å². The molecule has 124 valence electrons. The Labute approximate surface area is 141 Å². The fourth-order valence-electron chi connectivity index (χ4n) is 3.93. The minimum Gasteiger partial charge on any atom is -0.481 e. The van der Waals surface area contributed by atoms with Gasteiger partial charge in [-0.1, -0.05) is 29.8 Å². The van der Waals surface area contributed by atoms with Crippen molar-refractivity contribution in [3.63, 3.8) is 0 Å². The predicted octanol–water partition coefficient (Wildman–Crippen LogP) is 1.41. The Hall–Kier alpha value is -2.38. The van der Waals surface area contributed by atoms with Crippen LogP contribution in [0, 0.1) is 11.8 Å². The van der Waals surface area contributed by atoms with Crippen LogP contribution in [0.2, 0.25) is 5.02 Å². The van der Waals surface area contributed by atoms with E-state index >= 15 is 0 Å². The number of nitrogens with zero attached hydrogens (tertiary/aromatic N) is 1. The van der Waals surface area contributed by atoms with Crippen LogP contribution in [-0.4, -0.2) is 46.3 Å². The van der Waals surface area contributed by atoms with E-state index in [4.69, 9.17) is 16.3 Å². The van der Waals surface area contributed by atoms with Crippen molar-refractivity contribution in [2.45, 2.75) is 11.7 Å². The van der Waals surface area contributed by atoms with Gasteiger partial charge in [0.2, 0.25) is 5.91 Å². The molecule has 3 aliphatic rings. The van der Waals surface area contributed by atoms with Crippen molar-refractivity contribution in [2.24, 2.45) is 11.8 Å². The number of rotatable bonds is 3. The number of carbonyl (C=O) groups is 3. The second-order valence-corrected chi connectivity index (χ2v) is 6.51. The first kappa shape index (κ1) is 15.2. The molecule has 8 heteroatoms. The third kappa shape index (κ3) is 1.79. The zero-order chi connectivity index (χ0) is 17.2. The van der Waals surface area contributed by atoms with Gasteiger partial charge < -0.3 is 19.8 Å². The van der Waals surface area contributed by atoms with Gasteiger partial charge in [-0.2, -0.15) is 0 Å². The molecule has 1 amide bonds. The van der Waals surface area contributed by atoms with Crippen molar-refractivity contribution < 1.29 is 29.3 Å². The smallest absolute Gasteiger partial charge is 0.339 e. The van der Waals surface area contributed by atoms with Crippen molar-refractivity contribution >= 4 is 35.1 Å². The molecule has 4 rings (SSSR count). The van der Waals surface area contributed by atoms with Gasteiger partial charge in [0.15, 0.2) is 0 Å². The number of benzene rings is 1. The first-order valence-electron chi connectivity index (χ1n) is 7.29. The fraction of sp³-hybridized carbons (Fsp3) is 0.312. The molecule has 3 heterocycles. The van der Waals surface area contributed by atoms with E-state index in [-0.39, 0.29) is 22.8 Å². The molecule has 2 saturated heterocycles. The Morgan fingerprint density at radius 2 is 2.08 bits per heavy atom. The predicted molar refractivity (Wildman–Crippen MR) is 82.1 cm³/mol. The van der Waals surface area contributed by atoms with E-state index in [1.165, 1.54) is 17.0 Å². The van der Waals surface area contributed by atoms with Gasteiger partial charge in [-0.3, -0.25) is 9.59 Å². The van der Waals surface area contributed by atoms with Crippen molar-refractivity contribution in [3.8, 4) is 0 Å². The van der Waals surface area contributed by atoms with Crippen molar-refractivity contribution in [1.29, 1.82) is 0 Å². The van der Waals surface area contributed by atoms with E-state index in [2.05, 4.69) is 0 Å². The number of fused-ring (bicyclic) bond motifs is 1. The quantitative estimate of drug-likeness (QED) is 0.799. The Bertz CT molecular complexity index is 821. The van der Waals surface area contributed by atoms with Crippen LogP contribution in [0.5, 0.6) is 0 Å². The number of aliphatic carboxylic acids is 1. The molecular formula is C16H12ClNO6. The maximum atomic E-state index is 12.9. The summed E-state index contributed by atoms with van der Waals surface area (Å²) < 4.78 is 5.78. The second kappa shape index (κ2) is 4.81. The number of carbonyl (C=O) groups excluding carboxylic acids is 1. The minimum absolute atomic E-state index is 0.0119. The summed E-state index contributed by atoms with van der Waals surface area (Å²) >= 11 is 5.97. The lowest BCUT2D eigenvalue weighted by Gasteiger charge is -2.22. The molecule has 24 heavy (non-hydrogen) atoms. The van der Waals surface area contributed by atoms with Gasteiger partial charge in [0.25, 0.3) is 0 Å². The van der Waals surface area contributed by atoms with Crippen LogP contribution in [-0.2, 0) is 14.3 Å². The lowest BCUT2D eigenvalue weighted by Crippen LogP contribution is -2.39. The fourth-order valence-corrected chi connectivity index (χ4v) is 4.18. The van der Waals surface area contributed by atoms with Crippen molar-refractivity contribution in [3.05, 3.63) is 40.9 Å². The molecule has 2 N–H and O–H groups in total. The number of anilines is 1. The highest BCUT2D eigenvalue weighted by atomic mass is 35.5. The molecule has 4 unspecified atom stereocenters. The molecular weight excluding hydrogens is 338 g/mol. The summed E-state index contributed by atoms with van der Waals surface area (Å²) in [6, 6.07) is 4.46. The van der Waals surface area contributed by atoms with Crippen LogP contribution in [0.15, 0.2) is 30.4 Å². The van der Waals surface area contributed by atoms with Gasteiger partial charge in [-0.25, -0.2) is 4.79 Å². The molecule has 0 aliphatic carbocycles. The van der Waals surface area contributed by atoms with Gasteiger partial charge in [0.05, 0.1) is 29.3 Å². The number of hydrogen-bond acceptors (Lipinski definition) is 4. The van der Waals surface area contributed by atoms with Crippen molar-refractivity contribution in [1.82, 2.24) is 0 Å². The highest BCUT2D eigenvalue weighted by molar-refractivity contribution is 6.34. The van der Waals surface area contributed by atoms with Gasteiger partial charge in [-0.15, -0.1) is 0 Å². The monoisotopic (exact) mass is 349 g/mol. The molecule has 7 nitrogen and oxygen atoms in total.